The lowest BCUT2D eigenvalue weighted by atomic mass is 10.2. The first kappa shape index (κ1) is 20.6. The fourth-order valence-electron chi connectivity index (χ4n) is 3.04. The maximum atomic E-state index is 13.2. The van der Waals surface area contributed by atoms with Crippen LogP contribution < -0.4 is 19.1 Å². The van der Waals surface area contributed by atoms with E-state index in [0.29, 0.717) is 28.9 Å². The topological polar surface area (TPSA) is 73.8 Å². The zero-order valence-electron chi connectivity index (χ0n) is 17.1. The van der Waals surface area contributed by atoms with E-state index < -0.39 is 0 Å². The predicted octanol–water partition coefficient (Wildman–Crippen LogP) is 4.32. The Balaban J connectivity index is 1.61. The summed E-state index contributed by atoms with van der Waals surface area (Å²) < 4.78 is 17.3. The second kappa shape index (κ2) is 9.44. The molecule has 158 valence electrons. The summed E-state index contributed by atoms with van der Waals surface area (Å²) in [6.45, 7) is 0.191. The maximum absolute atomic E-state index is 13.2. The number of pyridine rings is 1. The molecule has 0 fully saturated rings. The van der Waals surface area contributed by atoms with Crippen molar-refractivity contribution in [1.29, 1.82) is 0 Å². The van der Waals surface area contributed by atoms with E-state index in [-0.39, 0.29) is 12.5 Å². The number of hydrogen-bond acceptors (Lipinski definition) is 7. The number of ether oxygens (including phenoxy) is 3. The highest BCUT2D eigenvalue weighted by Crippen LogP contribution is 2.34. The maximum Gasteiger partial charge on any atom is 0.267 e. The van der Waals surface area contributed by atoms with Gasteiger partial charge in [0.15, 0.2) is 11.7 Å². The van der Waals surface area contributed by atoms with Crippen molar-refractivity contribution < 1.29 is 19.0 Å². The molecule has 0 atom stereocenters. The smallest absolute Gasteiger partial charge is 0.267 e. The minimum atomic E-state index is -0.218. The average Bonchev–Trinajstić information content (AvgIpc) is 3.26. The Labute approximate surface area is 183 Å². The molecule has 8 heteroatoms. The number of hydrogen-bond donors (Lipinski definition) is 0. The van der Waals surface area contributed by atoms with Crippen LogP contribution in [0.15, 0.2) is 67.0 Å². The molecular weight excluding hydrogens is 414 g/mol. The van der Waals surface area contributed by atoms with E-state index in [0.717, 1.165) is 15.8 Å². The van der Waals surface area contributed by atoms with Crippen LogP contribution in [-0.4, -0.2) is 36.7 Å². The summed E-state index contributed by atoms with van der Waals surface area (Å²) in [5.74, 6) is 1.67. The minimum Gasteiger partial charge on any atom is -0.497 e. The second-order valence-corrected chi connectivity index (χ2v) is 7.62. The molecule has 0 aliphatic heterocycles. The first-order valence-electron chi connectivity index (χ1n) is 9.57. The largest absolute Gasteiger partial charge is 0.497 e. The lowest BCUT2D eigenvalue weighted by Crippen LogP contribution is -2.34. The molecule has 0 saturated carbocycles. The van der Waals surface area contributed by atoms with Crippen molar-refractivity contribution in [3.05, 3.63) is 72.6 Å². The molecule has 1 amide bonds. The van der Waals surface area contributed by atoms with E-state index in [1.54, 1.807) is 43.6 Å². The molecule has 4 rings (SSSR count). The number of methoxy groups -OCH3 is 2. The number of thiazole rings is 1. The molecule has 2 heterocycles. The zero-order valence-corrected chi connectivity index (χ0v) is 18.0. The van der Waals surface area contributed by atoms with Crippen LogP contribution in [0.1, 0.15) is 5.56 Å². The van der Waals surface area contributed by atoms with Crippen molar-refractivity contribution in [3.8, 4) is 17.2 Å². The molecular formula is C23H21N3O4S. The Morgan fingerprint density at radius 1 is 1.03 bits per heavy atom. The molecule has 2 aromatic heterocycles. The molecule has 0 bridgehead atoms. The molecule has 4 aromatic rings. The van der Waals surface area contributed by atoms with Crippen LogP contribution in [-0.2, 0) is 11.3 Å². The summed E-state index contributed by atoms with van der Waals surface area (Å²) in [6, 6.07) is 16.6. The number of aromatic nitrogens is 2. The molecule has 2 aromatic carbocycles. The summed E-state index contributed by atoms with van der Waals surface area (Å²) >= 11 is 1.43. The van der Waals surface area contributed by atoms with Gasteiger partial charge in [-0.3, -0.25) is 14.7 Å². The molecule has 0 spiro atoms. The summed E-state index contributed by atoms with van der Waals surface area (Å²) in [6.07, 6.45) is 3.43. The van der Waals surface area contributed by atoms with Gasteiger partial charge < -0.3 is 14.2 Å². The van der Waals surface area contributed by atoms with Gasteiger partial charge in [-0.1, -0.05) is 29.5 Å². The Morgan fingerprint density at radius 3 is 2.65 bits per heavy atom. The first-order valence-corrected chi connectivity index (χ1v) is 10.4. The number of benzene rings is 2. The quantitative estimate of drug-likeness (QED) is 0.410. The van der Waals surface area contributed by atoms with Crippen LogP contribution in [0.25, 0.3) is 10.2 Å². The van der Waals surface area contributed by atoms with Gasteiger partial charge in [-0.15, -0.1) is 0 Å². The number of carbonyl (C=O) groups excluding carboxylic acids is 1. The number of rotatable bonds is 8. The van der Waals surface area contributed by atoms with Crippen molar-refractivity contribution >= 4 is 32.6 Å². The number of amides is 1. The summed E-state index contributed by atoms with van der Waals surface area (Å²) in [5, 5.41) is 0.572. The SMILES string of the molecule is COc1cccc(OCC(=O)N(Cc2cccnc2)c2nc3c(OC)cccc3s2)c1. The van der Waals surface area contributed by atoms with Gasteiger partial charge in [0.2, 0.25) is 0 Å². The zero-order chi connectivity index (χ0) is 21.6. The highest BCUT2D eigenvalue weighted by atomic mass is 32.1. The van der Waals surface area contributed by atoms with Crippen LogP contribution in [0.4, 0.5) is 5.13 Å². The molecule has 0 unspecified atom stereocenters. The van der Waals surface area contributed by atoms with Gasteiger partial charge in [-0.2, -0.15) is 0 Å². The number of para-hydroxylation sites is 1. The van der Waals surface area contributed by atoms with E-state index in [1.807, 2.05) is 42.5 Å². The van der Waals surface area contributed by atoms with Gasteiger partial charge in [-0.05, 0) is 35.9 Å². The number of anilines is 1. The molecule has 31 heavy (non-hydrogen) atoms. The normalized spacial score (nSPS) is 10.6. The lowest BCUT2D eigenvalue weighted by Gasteiger charge is -2.20. The molecule has 0 N–H and O–H groups in total. The van der Waals surface area contributed by atoms with Crippen LogP contribution >= 0.6 is 11.3 Å². The third-order valence-electron chi connectivity index (χ3n) is 4.59. The highest BCUT2D eigenvalue weighted by molar-refractivity contribution is 7.22. The van der Waals surface area contributed by atoms with Gasteiger partial charge >= 0.3 is 0 Å². The molecule has 7 nitrogen and oxygen atoms in total. The van der Waals surface area contributed by atoms with E-state index >= 15 is 0 Å². The van der Waals surface area contributed by atoms with Crippen molar-refractivity contribution in [2.75, 3.05) is 25.7 Å². The summed E-state index contributed by atoms with van der Waals surface area (Å²) in [5.41, 5.74) is 1.62. The minimum absolute atomic E-state index is 0.138. The van der Waals surface area contributed by atoms with Crippen molar-refractivity contribution in [3.63, 3.8) is 0 Å². The third kappa shape index (κ3) is 4.75. The van der Waals surface area contributed by atoms with Crippen LogP contribution in [0.3, 0.4) is 0 Å². The first-order chi connectivity index (χ1) is 15.2. The number of fused-ring (bicyclic) bond motifs is 1. The highest BCUT2D eigenvalue weighted by Gasteiger charge is 2.22. The second-order valence-electron chi connectivity index (χ2n) is 6.61. The van der Waals surface area contributed by atoms with Crippen molar-refractivity contribution in [2.45, 2.75) is 6.54 Å². The van der Waals surface area contributed by atoms with Gasteiger partial charge in [-0.25, -0.2) is 4.98 Å². The van der Waals surface area contributed by atoms with Crippen molar-refractivity contribution in [1.82, 2.24) is 9.97 Å². The molecule has 0 aliphatic carbocycles. The predicted molar refractivity (Wildman–Crippen MR) is 120 cm³/mol. The number of carbonyl (C=O) groups is 1. The third-order valence-corrected chi connectivity index (χ3v) is 5.63. The van der Waals surface area contributed by atoms with Gasteiger partial charge in [0.25, 0.3) is 5.91 Å². The van der Waals surface area contributed by atoms with Gasteiger partial charge in [0.05, 0.1) is 25.5 Å². The Bertz CT molecular complexity index is 1180. The van der Waals surface area contributed by atoms with Crippen molar-refractivity contribution in [2.24, 2.45) is 0 Å². The molecule has 0 radical (unpaired) electrons. The van der Waals surface area contributed by atoms with Crippen LogP contribution in [0.5, 0.6) is 17.2 Å². The van der Waals surface area contributed by atoms with Crippen LogP contribution in [0, 0.1) is 0 Å². The molecule has 0 saturated heterocycles. The fourth-order valence-corrected chi connectivity index (χ4v) is 4.04. The Hall–Kier alpha value is -3.65. The average molecular weight is 436 g/mol. The summed E-state index contributed by atoms with van der Waals surface area (Å²) in [7, 11) is 3.19. The molecule has 0 aliphatic rings. The lowest BCUT2D eigenvalue weighted by molar-refractivity contribution is -0.120. The van der Waals surface area contributed by atoms with E-state index in [1.165, 1.54) is 11.3 Å². The summed E-state index contributed by atoms with van der Waals surface area (Å²) in [4.78, 5) is 23.6. The van der Waals surface area contributed by atoms with Gasteiger partial charge in [0.1, 0.15) is 22.8 Å². The Kier molecular flexibility index (Phi) is 6.28. The van der Waals surface area contributed by atoms with Gasteiger partial charge in [0, 0.05) is 18.5 Å². The monoisotopic (exact) mass is 435 g/mol. The standard InChI is InChI=1S/C23H21N3O4S/c1-28-17-7-3-8-18(12-17)30-15-21(27)26(14-16-6-5-11-24-13-16)23-25-22-19(29-2)9-4-10-20(22)31-23/h3-13H,14-15H2,1-2H3. The Morgan fingerprint density at radius 2 is 1.87 bits per heavy atom. The fraction of sp³-hybridized carbons (Fsp3) is 0.174. The van der Waals surface area contributed by atoms with E-state index in [2.05, 4.69) is 9.97 Å². The van der Waals surface area contributed by atoms with E-state index in [4.69, 9.17) is 14.2 Å². The van der Waals surface area contributed by atoms with E-state index in [9.17, 15) is 4.79 Å². The number of nitrogens with zero attached hydrogens (tertiary/aromatic N) is 3. The van der Waals surface area contributed by atoms with Crippen LogP contribution in [0.2, 0.25) is 0 Å².